The number of benzene rings is 1. The van der Waals surface area contributed by atoms with Crippen LogP contribution in [0, 0.1) is 13.8 Å². The van der Waals surface area contributed by atoms with Crippen molar-refractivity contribution in [3.05, 3.63) is 52.3 Å². The van der Waals surface area contributed by atoms with E-state index < -0.39 is 0 Å². The lowest BCUT2D eigenvalue weighted by Gasteiger charge is -2.34. The second kappa shape index (κ2) is 10.1. The van der Waals surface area contributed by atoms with Gasteiger partial charge in [0.1, 0.15) is 5.75 Å². The van der Waals surface area contributed by atoms with Gasteiger partial charge in [0.2, 0.25) is 0 Å². The molecular formula is C25H32ClN3O3. The Bertz CT molecular complexity index is 956. The number of carbonyl (C=O) groups excluding carboxylic acids is 2. The van der Waals surface area contributed by atoms with Crippen molar-refractivity contribution in [2.24, 2.45) is 0 Å². The largest absolute Gasteiger partial charge is 0.484 e. The first-order valence-electron chi connectivity index (χ1n) is 11.5. The molecule has 1 aromatic heterocycles. The maximum absolute atomic E-state index is 13.0. The van der Waals surface area contributed by atoms with Crippen LogP contribution in [0.15, 0.2) is 30.3 Å². The van der Waals surface area contributed by atoms with E-state index in [-0.39, 0.29) is 18.3 Å². The highest BCUT2D eigenvalue weighted by Gasteiger charge is 2.26. The summed E-state index contributed by atoms with van der Waals surface area (Å²) < 4.78 is 7.95. The summed E-state index contributed by atoms with van der Waals surface area (Å²) in [7, 11) is 0. The molecule has 0 bridgehead atoms. The Kier molecular flexibility index (Phi) is 7.21. The molecule has 0 atom stereocenters. The molecule has 0 N–H and O–H groups in total. The van der Waals surface area contributed by atoms with Crippen molar-refractivity contribution in [1.82, 2.24) is 14.4 Å². The van der Waals surface area contributed by atoms with Crippen LogP contribution in [0.25, 0.3) is 0 Å². The second-order valence-electron chi connectivity index (χ2n) is 8.92. The summed E-state index contributed by atoms with van der Waals surface area (Å²) in [6.07, 6.45) is 4.97. The fraction of sp³-hybridized carbons (Fsp3) is 0.520. The summed E-state index contributed by atoms with van der Waals surface area (Å²) in [6, 6.07) is 9.58. The lowest BCUT2D eigenvalue weighted by Crippen LogP contribution is -2.51. The number of ketones is 1. The molecule has 2 heterocycles. The van der Waals surface area contributed by atoms with Crippen LogP contribution in [0.1, 0.15) is 53.5 Å². The molecule has 7 heteroatoms. The molecule has 2 aromatic rings. The lowest BCUT2D eigenvalue weighted by molar-refractivity contribution is -0.135. The van der Waals surface area contributed by atoms with Gasteiger partial charge < -0.3 is 14.2 Å². The van der Waals surface area contributed by atoms with Crippen LogP contribution < -0.4 is 4.74 Å². The number of hydrogen-bond donors (Lipinski definition) is 0. The number of amides is 1. The molecule has 0 unspecified atom stereocenters. The first kappa shape index (κ1) is 22.9. The van der Waals surface area contributed by atoms with Crippen LogP contribution in [0.5, 0.6) is 5.75 Å². The van der Waals surface area contributed by atoms with E-state index in [1.54, 1.807) is 24.3 Å². The van der Waals surface area contributed by atoms with Crippen molar-refractivity contribution >= 4 is 23.3 Å². The van der Waals surface area contributed by atoms with Crippen LogP contribution in [-0.2, 0) is 4.79 Å². The minimum absolute atomic E-state index is 0.00766. The monoisotopic (exact) mass is 457 g/mol. The highest BCUT2D eigenvalue weighted by Crippen LogP contribution is 2.33. The van der Waals surface area contributed by atoms with Crippen molar-refractivity contribution in [3.63, 3.8) is 0 Å². The molecule has 172 valence electrons. The average molecular weight is 458 g/mol. The Morgan fingerprint density at radius 1 is 1.03 bits per heavy atom. The smallest absolute Gasteiger partial charge is 0.260 e. The Hall–Kier alpha value is -2.31. The number of ether oxygens (including phenoxy) is 1. The minimum Gasteiger partial charge on any atom is -0.484 e. The van der Waals surface area contributed by atoms with Gasteiger partial charge in [0, 0.05) is 54.2 Å². The van der Waals surface area contributed by atoms with Crippen molar-refractivity contribution in [3.8, 4) is 5.75 Å². The molecule has 1 aromatic carbocycles. The molecule has 1 aliphatic carbocycles. The van der Waals surface area contributed by atoms with Crippen LogP contribution in [0.2, 0.25) is 5.02 Å². The summed E-state index contributed by atoms with van der Waals surface area (Å²) in [5.41, 5.74) is 3.14. The molecule has 2 fully saturated rings. The molecule has 1 amide bonds. The molecule has 1 aliphatic heterocycles. The van der Waals surface area contributed by atoms with E-state index in [1.807, 2.05) is 4.90 Å². The number of aromatic nitrogens is 1. The Morgan fingerprint density at radius 2 is 1.69 bits per heavy atom. The van der Waals surface area contributed by atoms with E-state index in [4.69, 9.17) is 16.3 Å². The quantitative estimate of drug-likeness (QED) is 0.582. The van der Waals surface area contributed by atoms with E-state index in [0.29, 0.717) is 49.5 Å². The number of piperazine rings is 1. The van der Waals surface area contributed by atoms with Gasteiger partial charge in [0.25, 0.3) is 5.91 Å². The molecule has 32 heavy (non-hydrogen) atoms. The third-order valence-corrected chi connectivity index (χ3v) is 6.99. The molecular weight excluding hydrogens is 426 g/mol. The molecule has 4 rings (SSSR count). The maximum atomic E-state index is 13.0. The van der Waals surface area contributed by atoms with Gasteiger partial charge in [0.05, 0.1) is 6.54 Å². The number of nitrogens with zero attached hydrogens (tertiary/aromatic N) is 3. The van der Waals surface area contributed by atoms with Crippen LogP contribution in [0.4, 0.5) is 0 Å². The van der Waals surface area contributed by atoms with Crippen molar-refractivity contribution < 1.29 is 14.3 Å². The van der Waals surface area contributed by atoms with E-state index >= 15 is 0 Å². The van der Waals surface area contributed by atoms with E-state index in [0.717, 1.165) is 11.3 Å². The summed E-state index contributed by atoms with van der Waals surface area (Å²) in [5.74, 6) is 0.765. The predicted octanol–water partition coefficient (Wildman–Crippen LogP) is 4.28. The molecule has 0 radical (unpaired) electrons. The summed E-state index contributed by atoms with van der Waals surface area (Å²) >= 11 is 5.87. The highest BCUT2D eigenvalue weighted by molar-refractivity contribution is 6.30. The first-order chi connectivity index (χ1) is 15.4. The van der Waals surface area contributed by atoms with Gasteiger partial charge in [-0.1, -0.05) is 24.4 Å². The van der Waals surface area contributed by atoms with Crippen molar-refractivity contribution in [1.29, 1.82) is 0 Å². The predicted molar refractivity (Wildman–Crippen MR) is 126 cm³/mol. The molecule has 0 spiro atoms. The summed E-state index contributed by atoms with van der Waals surface area (Å²) in [5, 5.41) is 0.634. The molecule has 1 saturated heterocycles. The summed E-state index contributed by atoms with van der Waals surface area (Å²) in [6.45, 7) is 7.20. The van der Waals surface area contributed by atoms with E-state index in [9.17, 15) is 9.59 Å². The van der Waals surface area contributed by atoms with Gasteiger partial charge in [-0.25, -0.2) is 0 Å². The standard InChI is InChI=1S/C25H32ClN3O3/c1-18-15-23(19(2)29(18)21-5-3-4-6-21)24(30)16-27-11-13-28(14-12-27)25(31)17-32-22-9-7-20(26)8-10-22/h7-10,15,21H,3-6,11-14,16-17H2,1-2H3. The zero-order chi connectivity index (χ0) is 22.7. The number of Topliss-reactive ketones (excluding diaryl/α,β-unsaturated/α-hetero) is 1. The van der Waals surface area contributed by atoms with Gasteiger partial charge >= 0.3 is 0 Å². The molecule has 1 saturated carbocycles. The van der Waals surface area contributed by atoms with Gasteiger partial charge in [-0.2, -0.15) is 0 Å². The first-order valence-corrected chi connectivity index (χ1v) is 11.9. The molecule has 2 aliphatic rings. The van der Waals surface area contributed by atoms with Crippen LogP contribution in [-0.4, -0.2) is 65.4 Å². The number of halogens is 1. The van der Waals surface area contributed by atoms with Gasteiger partial charge in [-0.15, -0.1) is 0 Å². The lowest BCUT2D eigenvalue weighted by atomic mass is 10.1. The van der Waals surface area contributed by atoms with Gasteiger partial charge in [0.15, 0.2) is 12.4 Å². The molecule has 6 nitrogen and oxygen atoms in total. The average Bonchev–Trinajstić information content (AvgIpc) is 3.41. The fourth-order valence-corrected chi connectivity index (χ4v) is 5.12. The Morgan fingerprint density at radius 3 is 2.34 bits per heavy atom. The third kappa shape index (κ3) is 5.18. The van der Waals surface area contributed by atoms with E-state index in [1.165, 1.54) is 31.4 Å². The SMILES string of the molecule is Cc1cc(C(=O)CN2CCN(C(=O)COc3ccc(Cl)cc3)CC2)c(C)n1C1CCCC1. The summed E-state index contributed by atoms with van der Waals surface area (Å²) in [4.78, 5) is 29.5. The zero-order valence-electron chi connectivity index (χ0n) is 19.0. The Labute approximate surface area is 195 Å². The van der Waals surface area contributed by atoms with Gasteiger partial charge in [-0.05, 0) is 57.0 Å². The maximum Gasteiger partial charge on any atom is 0.260 e. The van der Waals surface area contributed by atoms with E-state index in [2.05, 4.69) is 29.4 Å². The van der Waals surface area contributed by atoms with Crippen molar-refractivity contribution in [2.75, 3.05) is 39.3 Å². The normalized spacial score (nSPS) is 17.7. The minimum atomic E-state index is -0.0361. The number of rotatable bonds is 7. The Balaban J connectivity index is 1.26. The van der Waals surface area contributed by atoms with Crippen LogP contribution in [0.3, 0.4) is 0 Å². The number of hydrogen-bond acceptors (Lipinski definition) is 4. The van der Waals surface area contributed by atoms with Crippen molar-refractivity contribution in [2.45, 2.75) is 45.6 Å². The van der Waals surface area contributed by atoms with Gasteiger partial charge in [-0.3, -0.25) is 14.5 Å². The highest BCUT2D eigenvalue weighted by atomic mass is 35.5. The topological polar surface area (TPSA) is 54.8 Å². The fourth-order valence-electron chi connectivity index (χ4n) is 4.99. The third-order valence-electron chi connectivity index (χ3n) is 6.74. The second-order valence-corrected chi connectivity index (χ2v) is 9.35. The van der Waals surface area contributed by atoms with Crippen LogP contribution >= 0.6 is 11.6 Å². The number of carbonyl (C=O) groups is 2. The zero-order valence-corrected chi connectivity index (χ0v) is 19.7. The number of aryl methyl sites for hydroxylation is 1.